The Bertz CT molecular complexity index is 2120. The SMILES string of the molecule is CC1(OC(=O)C[C@H]2CCCCC/C=C\[C@@H]3C[C@@]3(C(=O)NS(=O)(=O)C3(C)CC3)CC(=O)[C@@H]3C[C@]4(CCc5c(c(C6CC6)nc6ccccc56)O4)CN3C2=O)CCC1. The van der Waals surface area contributed by atoms with Crippen LogP contribution < -0.4 is 9.46 Å². The lowest BCUT2D eigenvalue weighted by Crippen LogP contribution is -2.48. The minimum Gasteiger partial charge on any atom is -0.483 e. The van der Waals surface area contributed by atoms with Crippen molar-refractivity contribution in [1.82, 2.24) is 14.6 Å². The quantitative estimate of drug-likeness (QED) is 0.238. The summed E-state index contributed by atoms with van der Waals surface area (Å²) in [7, 11) is -3.93. The smallest absolute Gasteiger partial charge is 0.307 e. The molecule has 4 saturated carbocycles. The molecule has 11 nitrogen and oxygen atoms in total. The molecule has 56 heavy (non-hydrogen) atoms. The molecular weight excluding hydrogens is 731 g/mol. The maximum atomic E-state index is 15.0. The van der Waals surface area contributed by atoms with Gasteiger partial charge in [-0.2, -0.15) is 0 Å². The van der Waals surface area contributed by atoms with Crippen LogP contribution in [0.2, 0.25) is 0 Å². The van der Waals surface area contributed by atoms with Crippen LogP contribution in [0.5, 0.6) is 5.75 Å². The zero-order valence-corrected chi connectivity index (χ0v) is 33.6. The molecule has 5 fully saturated rings. The summed E-state index contributed by atoms with van der Waals surface area (Å²) in [6.45, 7) is 3.76. The molecule has 1 N–H and O–H groups in total. The third-order valence-corrected chi connectivity index (χ3v) is 16.5. The summed E-state index contributed by atoms with van der Waals surface area (Å²) in [4.78, 5) is 64.1. The molecule has 300 valence electrons. The molecule has 0 unspecified atom stereocenters. The standard InChI is InChI=1S/C44H55N3O8S/c1-41(18-10-19-41)54-36(49)23-29-11-6-4-3-5-7-12-30-24-44(30,40(51)46-56(52,53)42(2)21-22-42)26-35(48)34-25-43(27-47(34)39(29)50)20-17-32-31-13-8-9-14-33(31)45-37(28-15-16-28)38(32)55-43/h7-9,12-14,28-30,34H,3-6,10-11,15-27H2,1-2H3,(H,46,51)/b12-7-/t29-,30-,34+,43-,44-/m1/s1. The van der Waals surface area contributed by atoms with Gasteiger partial charge >= 0.3 is 5.97 Å². The number of para-hydroxylation sites is 1. The molecule has 3 aliphatic heterocycles. The van der Waals surface area contributed by atoms with Crippen molar-refractivity contribution in [2.75, 3.05) is 6.54 Å². The average Bonchev–Trinajstić information content (AvgIpc) is 4.09. The van der Waals surface area contributed by atoms with Crippen LogP contribution in [0.25, 0.3) is 10.9 Å². The Hall–Kier alpha value is -3.80. The minimum atomic E-state index is -3.93. The molecule has 9 rings (SSSR count). The van der Waals surface area contributed by atoms with Gasteiger partial charge in [0.05, 0.1) is 40.4 Å². The van der Waals surface area contributed by atoms with Gasteiger partial charge in [0.2, 0.25) is 21.8 Å². The molecular formula is C44H55N3O8S. The molecule has 0 bridgehead atoms. The third-order valence-electron chi connectivity index (χ3n) is 14.4. The third kappa shape index (κ3) is 6.85. The van der Waals surface area contributed by atoms with Crippen molar-refractivity contribution < 1.29 is 37.1 Å². The van der Waals surface area contributed by atoms with Crippen LogP contribution in [-0.4, -0.2) is 70.4 Å². The predicted octanol–water partition coefficient (Wildman–Crippen LogP) is 6.75. The summed E-state index contributed by atoms with van der Waals surface area (Å²) in [6.07, 6.45) is 15.0. The number of ketones is 1. The molecule has 1 aromatic heterocycles. The van der Waals surface area contributed by atoms with E-state index in [0.717, 1.165) is 85.7 Å². The number of benzene rings is 1. The molecule has 1 saturated heterocycles. The maximum absolute atomic E-state index is 15.0. The van der Waals surface area contributed by atoms with E-state index in [-0.39, 0.29) is 49.4 Å². The highest BCUT2D eigenvalue weighted by atomic mass is 32.2. The lowest BCUT2D eigenvalue weighted by molar-refractivity contribution is -0.169. The van der Waals surface area contributed by atoms with Crippen LogP contribution in [0.4, 0.5) is 0 Å². The molecule has 1 aromatic carbocycles. The van der Waals surface area contributed by atoms with E-state index in [9.17, 15) is 27.6 Å². The number of aromatic nitrogens is 1. The Morgan fingerprint density at radius 3 is 2.50 bits per heavy atom. The molecule has 5 atom stereocenters. The number of carbonyl (C=O) groups is 4. The second-order valence-corrected chi connectivity index (χ2v) is 21.0. The van der Waals surface area contributed by atoms with Crippen LogP contribution in [0.1, 0.15) is 140 Å². The van der Waals surface area contributed by atoms with Gasteiger partial charge in [0, 0.05) is 35.6 Å². The van der Waals surface area contributed by atoms with Crippen molar-refractivity contribution in [3.05, 3.63) is 47.7 Å². The van der Waals surface area contributed by atoms with Gasteiger partial charge in [-0.1, -0.05) is 43.2 Å². The summed E-state index contributed by atoms with van der Waals surface area (Å²) in [5.41, 5.74) is 0.415. The summed E-state index contributed by atoms with van der Waals surface area (Å²) in [5.74, 6) is -1.43. The van der Waals surface area contributed by atoms with E-state index < -0.39 is 49.3 Å². The second-order valence-electron chi connectivity index (χ2n) is 18.8. The number of amides is 2. The van der Waals surface area contributed by atoms with Crippen LogP contribution >= 0.6 is 0 Å². The Kier molecular flexibility index (Phi) is 9.21. The highest BCUT2D eigenvalue weighted by Gasteiger charge is 2.63. The summed E-state index contributed by atoms with van der Waals surface area (Å²) >= 11 is 0. The fourth-order valence-corrected chi connectivity index (χ4v) is 11.2. The highest BCUT2D eigenvalue weighted by Crippen LogP contribution is 2.58. The van der Waals surface area contributed by atoms with Crippen molar-refractivity contribution in [2.45, 2.75) is 157 Å². The zero-order valence-electron chi connectivity index (χ0n) is 32.8. The number of allylic oxidation sites excluding steroid dienone is 2. The molecule has 4 heterocycles. The first-order valence-electron chi connectivity index (χ1n) is 21.1. The summed E-state index contributed by atoms with van der Waals surface area (Å²) in [5, 5.41) is 1.05. The monoisotopic (exact) mass is 785 g/mol. The second kappa shape index (κ2) is 13.7. The Morgan fingerprint density at radius 1 is 0.982 bits per heavy atom. The van der Waals surface area contributed by atoms with Crippen LogP contribution in [-0.2, 0) is 40.4 Å². The molecule has 2 aromatic rings. The minimum absolute atomic E-state index is 0.0603. The van der Waals surface area contributed by atoms with Crippen molar-refractivity contribution in [3.63, 3.8) is 0 Å². The van der Waals surface area contributed by atoms with Crippen molar-refractivity contribution in [2.24, 2.45) is 17.3 Å². The fourth-order valence-electron chi connectivity index (χ4n) is 9.90. The Morgan fingerprint density at radius 2 is 1.77 bits per heavy atom. The van der Waals surface area contributed by atoms with E-state index >= 15 is 0 Å². The number of sulfonamides is 1. The van der Waals surface area contributed by atoms with E-state index in [0.29, 0.717) is 44.4 Å². The number of hydrogen-bond donors (Lipinski definition) is 1. The molecule has 7 aliphatic rings. The summed E-state index contributed by atoms with van der Waals surface area (Å²) in [6, 6.07) is 7.22. The number of pyridine rings is 1. The number of ether oxygens (including phenoxy) is 2. The molecule has 12 heteroatoms. The van der Waals surface area contributed by atoms with Gasteiger partial charge in [-0.15, -0.1) is 0 Å². The number of aryl methyl sites for hydroxylation is 1. The summed E-state index contributed by atoms with van der Waals surface area (Å²) < 4.78 is 41.0. The topological polar surface area (TPSA) is 149 Å². The van der Waals surface area contributed by atoms with Crippen molar-refractivity contribution in [1.29, 1.82) is 0 Å². The van der Waals surface area contributed by atoms with E-state index in [1.54, 1.807) is 11.8 Å². The van der Waals surface area contributed by atoms with Gasteiger partial charge in [0.1, 0.15) is 17.0 Å². The number of hydrogen-bond acceptors (Lipinski definition) is 9. The molecule has 2 amide bonds. The Labute approximate surface area is 329 Å². The first-order valence-corrected chi connectivity index (χ1v) is 22.6. The van der Waals surface area contributed by atoms with Crippen LogP contribution in [0.3, 0.4) is 0 Å². The number of nitrogens with zero attached hydrogens (tertiary/aromatic N) is 2. The van der Waals surface area contributed by atoms with Crippen molar-refractivity contribution >= 4 is 44.5 Å². The van der Waals surface area contributed by atoms with E-state index in [1.165, 1.54) is 0 Å². The normalized spacial score (nSPS) is 32.8. The number of Topliss-reactive ketones (excluding diaryl/α,β-unsaturated/α-hetero) is 1. The molecule has 1 spiro atoms. The highest BCUT2D eigenvalue weighted by molar-refractivity contribution is 7.91. The zero-order chi connectivity index (χ0) is 39.1. The van der Waals surface area contributed by atoms with Gasteiger partial charge in [-0.3, -0.25) is 23.9 Å². The van der Waals surface area contributed by atoms with Gasteiger partial charge in [0.15, 0.2) is 5.78 Å². The van der Waals surface area contributed by atoms with Crippen LogP contribution in [0, 0.1) is 17.3 Å². The number of nitrogens with one attached hydrogen (secondary N) is 1. The van der Waals surface area contributed by atoms with E-state index in [2.05, 4.69) is 10.8 Å². The van der Waals surface area contributed by atoms with Crippen LogP contribution in [0.15, 0.2) is 36.4 Å². The molecule has 0 radical (unpaired) electrons. The van der Waals surface area contributed by atoms with Gasteiger partial charge in [0.25, 0.3) is 0 Å². The first-order chi connectivity index (χ1) is 26.7. The largest absolute Gasteiger partial charge is 0.483 e. The van der Waals surface area contributed by atoms with E-state index in [1.807, 2.05) is 37.3 Å². The number of esters is 1. The number of fused-ring (bicyclic) bond motifs is 5. The lowest BCUT2D eigenvalue weighted by Gasteiger charge is -2.38. The first kappa shape index (κ1) is 37.8. The lowest BCUT2D eigenvalue weighted by atomic mass is 9.82. The predicted molar refractivity (Wildman–Crippen MR) is 209 cm³/mol. The van der Waals surface area contributed by atoms with E-state index in [4.69, 9.17) is 14.5 Å². The Balaban J connectivity index is 1.05. The van der Waals surface area contributed by atoms with Gasteiger partial charge in [-0.25, -0.2) is 13.4 Å². The van der Waals surface area contributed by atoms with Gasteiger partial charge < -0.3 is 14.4 Å². The average molecular weight is 786 g/mol. The molecule has 4 aliphatic carbocycles. The maximum Gasteiger partial charge on any atom is 0.307 e. The van der Waals surface area contributed by atoms with Crippen molar-refractivity contribution in [3.8, 4) is 5.75 Å². The number of rotatable bonds is 7. The fraction of sp³-hybridized carbons (Fsp3) is 0.659. The van der Waals surface area contributed by atoms with Gasteiger partial charge in [-0.05, 0) is 109 Å². The number of carbonyl (C=O) groups excluding carboxylic acids is 4.